The number of aryl methyl sites for hydroxylation is 4. The van der Waals surface area contributed by atoms with Crippen molar-refractivity contribution in [3.8, 4) is 0 Å². The van der Waals surface area contributed by atoms with E-state index in [-0.39, 0.29) is 0 Å². The molecular formula is C52H80N8. The van der Waals surface area contributed by atoms with Crippen LogP contribution in [0.2, 0.25) is 0 Å². The summed E-state index contributed by atoms with van der Waals surface area (Å²) in [6, 6.07) is 20.7. The molecule has 8 nitrogen and oxygen atoms in total. The monoisotopic (exact) mass is 817 g/mol. The Kier molecular flexibility index (Phi) is 23.6. The molecule has 0 aromatic carbocycles. The predicted molar refractivity (Wildman–Crippen MR) is 263 cm³/mol. The van der Waals surface area contributed by atoms with Crippen molar-refractivity contribution in [3.05, 3.63) is 131 Å². The molecule has 2 N–H and O–H groups in total. The predicted octanol–water partition coefficient (Wildman–Crippen LogP) is 15.6. The summed E-state index contributed by atoms with van der Waals surface area (Å²) in [4.78, 5) is 19.7. The van der Waals surface area contributed by atoms with E-state index in [1.54, 1.807) is 0 Å². The van der Waals surface area contributed by atoms with E-state index in [1.165, 1.54) is 44.4 Å². The van der Waals surface area contributed by atoms with Gasteiger partial charge in [-0.25, -0.2) is 19.5 Å². The lowest BCUT2D eigenvalue weighted by atomic mass is 10.0. The van der Waals surface area contributed by atoms with Gasteiger partial charge in [-0.05, 0) is 111 Å². The molecule has 0 saturated heterocycles. The van der Waals surface area contributed by atoms with Gasteiger partial charge in [0, 0.05) is 58.2 Å². The van der Waals surface area contributed by atoms with Crippen LogP contribution < -0.4 is 0 Å². The van der Waals surface area contributed by atoms with Crippen molar-refractivity contribution in [2.75, 3.05) is 0 Å². The SMILES string of the molecule is CC.CC.CC.CC.Cc1[nH]c2ncccc2c1C(C)C.Cc1nc2[nH]ccc2cc1C(C)C.Cc1nc2ccccn2c1C(C)C.Cc1nn2ccccc2c1C(C)C. The first-order valence-electron chi connectivity index (χ1n) is 22.5. The van der Waals surface area contributed by atoms with E-state index in [1.807, 2.05) is 109 Å². The Balaban J connectivity index is 0.000000378. The van der Waals surface area contributed by atoms with Crippen molar-refractivity contribution in [1.29, 1.82) is 0 Å². The van der Waals surface area contributed by atoms with Gasteiger partial charge in [-0.15, -0.1) is 0 Å². The summed E-state index contributed by atoms with van der Waals surface area (Å²) in [5.41, 5.74) is 14.3. The van der Waals surface area contributed by atoms with Crippen LogP contribution >= 0.6 is 0 Å². The molecule has 0 amide bonds. The van der Waals surface area contributed by atoms with Crippen LogP contribution in [0.1, 0.15) is 180 Å². The number of hydrogen-bond acceptors (Lipinski definition) is 4. The maximum Gasteiger partial charge on any atom is 0.137 e. The quantitative estimate of drug-likeness (QED) is 0.185. The van der Waals surface area contributed by atoms with E-state index < -0.39 is 0 Å². The minimum absolute atomic E-state index is 0.525. The molecule has 8 heterocycles. The number of pyridine rings is 4. The smallest absolute Gasteiger partial charge is 0.137 e. The van der Waals surface area contributed by atoms with Crippen molar-refractivity contribution in [2.45, 2.75) is 162 Å². The molecule has 0 aliphatic heterocycles. The molecule has 0 aliphatic rings. The van der Waals surface area contributed by atoms with Gasteiger partial charge in [0.1, 0.15) is 16.9 Å². The molecular weight excluding hydrogens is 737 g/mol. The van der Waals surface area contributed by atoms with Crippen molar-refractivity contribution in [1.82, 2.24) is 38.9 Å². The van der Waals surface area contributed by atoms with Gasteiger partial charge in [0.25, 0.3) is 0 Å². The van der Waals surface area contributed by atoms with Crippen LogP contribution in [0.5, 0.6) is 0 Å². The third-order valence-corrected chi connectivity index (χ3v) is 9.41. The first-order chi connectivity index (χ1) is 28.8. The highest BCUT2D eigenvalue weighted by molar-refractivity contribution is 5.81. The molecule has 8 heteroatoms. The molecule has 0 saturated carbocycles. The molecule has 8 aromatic heterocycles. The molecule has 8 rings (SSSR count). The summed E-state index contributed by atoms with van der Waals surface area (Å²) in [7, 11) is 0. The number of rotatable bonds is 4. The van der Waals surface area contributed by atoms with Gasteiger partial charge >= 0.3 is 0 Å². The second-order valence-electron chi connectivity index (χ2n) is 14.8. The Morgan fingerprint density at radius 3 is 1.78 bits per heavy atom. The second-order valence-corrected chi connectivity index (χ2v) is 14.8. The van der Waals surface area contributed by atoms with E-state index in [9.17, 15) is 0 Å². The summed E-state index contributed by atoms with van der Waals surface area (Å²) >= 11 is 0. The Labute approximate surface area is 363 Å². The first-order valence-corrected chi connectivity index (χ1v) is 22.5. The molecule has 328 valence electrons. The van der Waals surface area contributed by atoms with Gasteiger partial charge in [-0.2, -0.15) is 5.10 Å². The van der Waals surface area contributed by atoms with Crippen molar-refractivity contribution < 1.29 is 0 Å². The highest BCUT2D eigenvalue weighted by Crippen LogP contribution is 2.27. The molecule has 0 atom stereocenters. The number of imidazole rings is 1. The number of H-pyrrole nitrogens is 2. The minimum Gasteiger partial charge on any atom is -0.346 e. The van der Waals surface area contributed by atoms with Gasteiger partial charge in [0.15, 0.2) is 0 Å². The van der Waals surface area contributed by atoms with E-state index in [0.717, 1.165) is 34.0 Å². The number of hydrogen-bond donors (Lipinski definition) is 2. The first kappa shape index (κ1) is 52.8. The Morgan fingerprint density at radius 2 is 1.18 bits per heavy atom. The third kappa shape index (κ3) is 13.7. The summed E-state index contributed by atoms with van der Waals surface area (Å²) < 4.78 is 4.12. The summed E-state index contributed by atoms with van der Waals surface area (Å²) in [5, 5.41) is 6.91. The molecule has 0 bridgehead atoms. The van der Waals surface area contributed by atoms with Crippen LogP contribution in [0.15, 0.2) is 85.5 Å². The van der Waals surface area contributed by atoms with Crippen LogP contribution in [0.4, 0.5) is 0 Å². The number of nitrogens with zero attached hydrogens (tertiary/aromatic N) is 6. The number of nitrogens with one attached hydrogen (secondary N) is 2. The molecule has 8 aromatic rings. The van der Waals surface area contributed by atoms with Gasteiger partial charge in [0.05, 0.1) is 16.9 Å². The van der Waals surface area contributed by atoms with Crippen molar-refractivity contribution in [3.63, 3.8) is 0 Å². The van der Waals surface area contributed by atoms with E-state index in [4.69, 9.17) is 0 Å². The average molecular weight is 817 g/mol. The zero-order valence-corrected chi connectivity index (χ0v) is 41.1. The molecule has 0 radical (unpaired) electrons. The number of aromatic nitrogens is 8. The van der Waals surface area contributed by atoms with Gasteiger partial charge in [-0.1, -0.05) is 123 Å². The lowest BCUT2D eigenvalue weighted by Gasteiger charge is -2.08. The molecule has 0 fully saturated rings. The van der Waals surface area contributed by atoms with Crippen LogP contribution in [0, 0.1) is 27.7 Å². The highest BCUT2D eigenvalue weighted by atomic mass is 15.2. The van der Waals surface area contributed by atoms with Gasteiger partial charge < -0.3 is 14.4 Å². The fourth-order valence-electron chi connectivity index (χ4n) is 7.27. The average Bonchev–Trinajstić information content (AvgIpc) is 4.02. The zero-order valence-electron chi connectivity index (χ0n) is 41.1. The molecule has 60 heavy (non-hydrogen) atoms. The number of aromatic amines is 2. The van der Waals surface area contributed by atoms with Gasteiger partial charge in [-0.3, -0.25) is 0 Å². The van der Waals surface area contributed by atoms with E-state index in [0.29, 0.717) is 23.7 Å². The molecule has 0 spiro atoms. The zero-order chi connectivity index (χ0) is 45.7. The van der Waals surface area contributed by atoms with Crippen LogP contribution in [0.3, 0.4) is 0 Å². The Hall–Kier alpha value is -5.24. The van der Waals surface area contributed by atoms with Crippen molar-refractivity contribution >= 4 is 33.2 Å². The normalized spacial score (nSPS) is 10.3. The maximum absolute atomic E-state index is 4.50. The fourth-order valence-corrected chi connectivity index (χ4v) is 7.27. The molecule has 0 aliphatic carbocycles. The standard InChI is InChI=1S/4C11H14N2.4C2H6/c1-7(2)10-6-9-4-5-12-11(9)13-8(10)3;1-8(2)11-9(3)12-10-6-4-5-7-13(10)11;1-8(2)11-9(3)12-13-7-5-4-6-10(11)13;1-7(2)10-8(3)13-11-9(10)5-4-6-12-11;4*1-2/h4-7H,1-3H3,(H,12,13);2*4-8H,1-3H3;4-7H,1-3H3,(H,12,13);4*1-2H3. The maximum atomic E-state index is 4.50. The van der Waals surface area contributed by atoms with Crippen LogP contribution in [0.25, 0.3) is 33.2 Å². The lowest BCUT2D eigenvalue weighted by Crippen LogP contribution is -1.95. The van der Waals surface area contributed by atoms with Gasteiger partial charge in [0.2, 0.25) is 0 Å². The topological polar surface area (TPSA) is 92.0 Å². The van der Waals surface area contributed by atoms with Crippen LogP contribution in [-0.4, -0.2) is 38.9 Å². The summed E-state index contributed by atoms with van der Waals surface area (Å²) in [6.45, 7) is 41.9. The molecule has 0 unspecified atom stereocenters. The fraction of sp³-hybridized carbons (Fsp3) is 0.462. The van der Waals surface area contributed by atoms with Crippen LogP contribution in [-0.2, 0) is 0 Å². The summed E-state index contributed by atoms with van der Waals surface area (Å²) in [5.74, 6) is 2.17. The lowest BCUT2D eigenvalue weighted by molar-refractivity contribution is 0.799. The second kappa shape index (κ2) is 26.8. The minimum atomic E-state index is 0.525. The van der Waals surface area contributed by atoms with E-state index >= 15 is 0 Å². The largest absolute Gasteiger partial charge is 0.346 e. The Bertz CT molecular complexity index is 2180. The third-order valence-electron chi connectivity index (χ3n) is 9.41. The Morgan fingerprint density at radius 1 is 0.567 bits per heavy atom. The highest BCUT2D eigenvalue weighted by Gasteiger charge is 2.13. The van der Waals surface area contributed by atoms with Crippen molar-refractivity contribution in [2.24, 2.45) is 0 Å². The number of fused-ring (bicyclic) bond motifs is 4. The van der Waals surface area contributed by atoms with E-state index in [2.05, 4.69) is 154 Å². The summed E-state index contributed by atoms with van der Waals surface area (Å²) in [6.07, 6.45) is 7.82.